The van der Waals surface area contributed by atoms with Crippen molar-refractivity contribution in [2.45, 2.75) is 25.8 Å². The van der Waals surface area contributed by atoms with Gasteiger partial charge >= 0.3 is 0 Å². The molecule has 1 fully saturated rings. The van der Waals surface area contributed by atoms with Gasteiger partial charge in [-0.3, -0.25) is 9.69 Å². The lowest BCUT2D eigenvalue weighted by atomic mass is 9.97. The largest absolute Gasteiger partial charge is 0.299 e. The van der Waals surface area contributed by atoms with Crippen LogP contribution in [0, 0.1) is 5.82 Å². The van der Waals surface area contributed by atoms with E-state index < -0.39 is 0 Å². The first-order chi connectivity index (χ1) is 10.7. The number of benzene rings is 2. The monoisotopic (exact) mass is 297 g/mol. The van der Waals surface area contributed by atoms with Gasteiger partial charge in [0.2, 0.25) is 0 Å². The summed E-state index contributed by atoms with van der Waals surface area (Å²) in [6.07, 6.45) is 3.76. The van der Waals surface area contributed by atoms with Crippen LogP contribution in [0.4, 0.5) is 4.39 Å². The third kappa shape index (κ3) is 3.42. The van der Waals surface area contributed by atoms with E-state index >= 15 is 0 Å². The molecule has 0 amide bonds. The van der Waals surface area contributed by atoms with Gasteiger partial charge in [-0.25, -0.2) is 4.39 Å². The van der Waals surface area contributed by atoms with Gasteiger partial charge in [0, 0.05) is 17.7 Å². The molecule has 0 N–H and O–H groups in total. The molecule has 0 saturated carbocycles. The molecule has 0 radical (unpaired) electrons. The molecule has 3 heteroatoms. The van der Waals surface area contributed by atoms with Crippen molar-refractivity contribution < 1.29 is 9.18 Å². The average molecular weight is 297 g/mol. The van der Waals surface area contributed by atoms with Gasteiger partial charge in [0.1, 0.15) is 5.82 Å². The number of carbonyl (C=O) groups excluding carboxylic acids is 1. The second-order valence-electron chi connectivity index (χ2n) is 5.83. The Morgan fingerprint density at radius 2 is 1.64 bits per heavy atom. The molecule has 2 nitrogen and oxygen atoms in total. The van der Waals surface area contributed by atoms with E-state index in [4.69, 9.17) is 0 Å². The van der Waals surface area contributed by atoms with Crippen molar-refractivity contribution in [1.29, 1.82) is 0 Å². The second kappa shape index (κ2) is 6.84. The average Bonchev–Trinajstić information content (AvgIpc) is 2.56. The Balaban J connectivity index is 1.83. The van der Waals surface area contributed by atoms with E-state index in [0.29, 0.717) is 5.56 Å². The Hall–Kier alpha value is -2.00. The van der Waals surface area contributed by atoms with Crippen LogP contribution >= 0.6 is 0 Å². The molecule has 1 aliphatic heterocycles. The molecule has 0 aromatic heterocycles. The Kier molecular flexibility index (Phi) is 4.64. The van der Waals surface area contributed by atoms with Gasteiger partial charge in [-0.2, -0.15) is 0 Å². The van der Waals surface area contributed by atoms with Crippen molar-refractivity contribution in [2.24, 2.45) is 0 Å². The number of hydrogen-bond acceptors (Lipinski definition) is 2. The highest BCUT2D eigenvalue weighted by molar-refractivity contribution is 6.09. The van der Waals surface area contributed by atoms with Crippen molar-refractivity contribution in [1.82, 2.24) is 4.90 Å². The molecule has 3 rings (SSSR count). The predicted octanol–water partition coefficient (Wildman–Crippen LogP) is 4.04. The van der Waals surface area contributed by atoms with Crippen LogP contribution in [0.5, 0.6) is 0 Å². The Labute approximate surface area is 130 Å². The molecule has 2 aromatic rings. The predicted molar refractivity (Wildman–Crippen MR) is 85.4 cm³/mol. The summed E-state index contributed by atoms with van der Waals surface area (Å²) in [6.45, 7) is 3.00. The molecule has 0 spiro atoms. The molecular weight excluding hydrogens is 277 g/mol. The smallest absolute Gasteiger partial charge is 0.193 e. The fraction of sp³-hybridized carbons (Fsp3) is 0.316. The van der Waals surface area contributed by atoms with Crippen LogP contribution in [0.3, 0.4) is 0 Å². The molecule has 0 atom stereocenters. The third-order valence-electron chi connectivity index (χ3n) is 4.21. The molecule has 0 unspecified atom stereocenters. The van der Waals surface area contributed by atoms with Crippen molar-refractivity contribution in [3.63, 3.8) is 0 Å². The highest BCUT2D eigenvalue weighted by Gasteiger charge is 2.16. The van der Waals surface area contributed by atoms with Gasteiger partial charge in [0.05, 0.1) is 0 Å². The third-order valence-corrected chi connectivity index (χ3v) is 4.21. The number of carbonyl (C=O) groups is 1. The molecule has 22 heavy (non-hydrogen) atoms. The topological polar surface area (TPSA) is 20.3 Å². The summed E-state index contributed by atoms with van der Waals surface area (Å²) >= 11 is 0. The van der Waals surface area contributed by atoms with Crippen LogP contribution < -0.4 is 0 Å². The van der Waals surface area contributed by atoms with Crippen LogP contribution in [0.25, 0.3) is 0 Å². The zero-order valence-electron chi connectivity index (χ0n) is 12.6. The summed E-state index contributed by atoms with van der Waals surface area (Å²) in [5.74, 6) is -0.356. The van der Waals surface area contributed by atoms with Gasteiger partial charge in [-0.1, -0.05) is 30.7 Å². The van der Waals surface area contributed by atoms with Crippen LogP contribution in [0.1, 0.15) is 40.7 Å². The molecular formula is C19H20FNO. The number of ketones is 1. The Bertz CT molecular complexity index is 645. The van der Waals surface area contributed by atoms with Gasteiger partial charge in [-0.15, -0.1) is 0 Å². The maximum absolute atomic E-state index is 13.0. The number of rotatable bonds is 4. The minimum atomic E-state index is -0.321. The van der Waals surface area contributed by atoms with Crippen LogP contribution in [-0.4, -0.2) is 23.8 Å². The first kappa shape index (κ1) is 14.9. The first-order valence-corrected chi connectivity index (χ1v) is 7.84. The summed E-state index contributed by atoms with van der Waals surface area (Å²) in [4.78, 5) is 15.1. The normalized spacial score (nSPS) is 15.7. The lowest BCUT2D eigenvalue weighted by Gasteiger charge is -2.27. The van der Waals surface area contributed by atoms with Gasteiger partial charge in [0.15, 0.2) is 5.78 Å². The zero-order valence-corrected chi connectivity index (χ0v) is 12.6. The number of piperidine rings is 1. The maximum atomic E-state index is 13.0. The summed E-state index contributed by atoms with van der Waals surface area (Å²) in [7, 11) is 0. The van der Waals surface area contributed by atoms with Crippen LogP contribution in [0.2, 0.25) is 0 Å². The van der Waals surface area contributed by atoms with E-state index in [9.17, 15) is 9.18 Å². The van der Waals surface area contributed by atoms with Crippen molar-refractivity contribution >= 4 is 5.78 Å². The Morgan fingerprint density at radius 1 is 0.955 bits per heavy atom. The standard InChI is InChI=1S/C19H20FNO/c20-17-10-8-15(9-11-17)19(22)18-7-3-2-6-16(18)14-21-12-4-1-5-13-21/h2-3,6-11H,1,4-5,12-14H2. The van der Waals surface area contributed by atoms with E-state index in [2.05, 4.69) is 4.90 Å². The SMILES string of the molecule is O=C(c1ccc(F)cc1)c1ccccc1CN1CCCCC1. The zero-order chi connectivity index (χ0) is 15.4. The van der Waals surface area contributed by atoms with Crippen molar-refractivity contribution in [2.75, 3.05) is 13.1 Å². The van der Waals surface area contributed by atoms with E-state index in [1.165, 1.54) is 31.4 Å². The van der Waals surface area contributed by atoms with Gasteiger partial charge < -0.3 is 0 Å². The molecule has 1 saturated heterocycles. The molecule has 1 heterocycles. The molecule has 0 bridgehead atoms. The number of halogens is 1. The number of nitrogens with zero attached hydrogens (tertiary/aromatic N) is 1. The van der Waals surface area contributed by atoms with E-state index in [1.54, 1.807) is 12.1 Å². The lowest BCUT2D eigenvalue weighted by Crippen LogP contribution is -2.29. The minimum absolute atomic E-state index is 0.0346. The fourth-order valence-corrected chi connectivity index (χ4v) is 2.99. The number of hydrogen-bond donors (Lipinski definition) is 0. The molecule has 0 aliphatic carbocycles. The van der Waals surface area contributed by atoms with Crippen LogP contribution in [0.15, 0.2) is 48.5 Å². The quantitative estimate of drug-likeness (QED) is 0.794. The molecule has 1 aliphatic rings. The molecule has 2 aromatic carbocycles. The lowest BCUT2D eigenvalue weighted by molar-refractivity contribution is 0.103. The fourth-order valence-electron chi connectivity index (χ4n) is 2.99. The highest BCUT2D eigenvalue weighted by atomic mass is 19.1. The summed E-state index contributed by atoms with van der Waals surface area (Å²) < 4.78 is 13.0. The number of likely N-dealkylation sites (tertiary alicyclic amines) is 1. The highest BCUT2D eigenvalue weighted by Crippen LogP contribution is 2.19. The van der Waals surface area contributed by atoms with Gasteiger partial charge in [0.25, 0.3) is 0 Å². The minimum Gasteiger partial charge on any atom is -0.299 e. The first-order valence-electron chi connectivity index (χ1n) is 7.84. The van der Waals surface area contributed by atoms with E-state index in [1.807, 2.05) is 24.3 Å². The van der Waals surface area contributed by atoms with Gasteiger partial charge in [-0.05, 0) is 55.8 Å². The van der Waals surface area contributed by atoms with Crippen molar-refractivity contribution in [3.8, 4) is 0 Å². The second-order valence-corrected chi connectivity index (χ2v) is 5.83. The summed E-state index contributed by atoms with van der Waals surface area (Å²) in [5, 5.41) is 0. The Morgan fingerprint density at radius 3 is 2.36 bits per heavy atom. The van der Waals surface area contributed by atoms with Crippen LogP contribution in [-0.2, 0) is 6.54 Å². The summed E-state index contributed by atoms with van der Waals surface area (Å²) in [5.41, 5.74) is 2.31. The maximum Gasteiger partial charge on any atom is 0.193 e. The van der Waals surface area contributed by atoms with Crippen molar-refractivity contribution in [3.05, 3.63) is 71.0 Å². The van der Waals surface area contributed by atoms with E-state index in [-0.39, 0.29) is 11.6 Å². The molecule has 114 valence electrons. The van der Waals surface area contributed by atoms with E-state index in [0.717, 1.165) is 30.8 Å². The summed E-state index contributed by atoms with van der Waals surface area (Å²) in [6, 6.07) is 13.5.